The van der Waals surface area contributed by atoms with Gasteiger partial charge < -0.3 is 14.6 Å². The standard InChI is InChI=1S/C20H15ClN2O6S/c1-28-16-9-14(29-10-17(24)25)7-2-11(16)8-15-18(26)22-20(30)23(19(15)27)13-5-3-12(21)4-6-13/h2-9H,10H2,1H3,(H,24,25)(H,22,26,30)/b15-8-. The molecule has 2 amide bonds. The van der Waals surface area contributed by atoms with Gasteiger partial charge in [-0.15, -0.1) is 0 Å². The zero-order valence-corrected chi connectivity index (χ0v) is 17.1. The number of halogens is 1. The molecule has 8 nitrogen and oxygen atoms in total. The van der Waals surface area contributed by atoms with Crippen LogP contribution in [0.1, 0.15) is 5.56 Å². The second kappa shape index (κ2) is 8.93. The van der Waals surface area contributed by atoms with Crippen LogP contribution in [-0.2, 0) is 14.4 Å². The number of benzene rings is 2. The highest BCUT2D eigenvalue weighted by Gasteiger charge is 2.34. The summed E-state index contributed by atoms with van der Waals surface area (Å²) in [6.07, 6.45) is 1.36. The Kier molecular flexibility index (Phi) is 6.34. The molecule has 1 saturated heterocycles. The predicted octanol–water partition coefficient (Wildman–Crippen LogP) is 2.64. The summed E-state index contributed by atoms with van der Waals surface area (Å²) in [5.74, 6) is -1.83. The molecule has 0 aliphatic carbocycles. The highest BCUT2D eigenvalue weighted by atomic mass is 35.5. The number of anilines is 1. The molecular formula is C20H15ClN2O6S. The van der Waals surface area contributed by atoms with Crippen molar-refractivity contribution in [2.24, 2.45) is 0 Å². The van der Waals surface area contributed by atoms with Gasteiger partial charge >= 0.3 is 5.97 Å². The molecule has 10 heteroatoms. The fraction of sp³-hybridized carbons (Fsp3) is 0.100. The highest BCUT2D eigenvalue weighted by Crippen LogP contribution is 2.29. The van der Waals surface area contributed by atoms with E-state index in [4.69, 9.17) is 38.4 Å². The molecular weight excluding hydrogens is 432 g/mol. The van der Waals surface area contributed by atoms with Crippen molar-refractivity contribution in [3.05, 3.63) is 58.6 Å². The van der Waals surface area contributed by atoms with Crippen LogP contribution in [0.5, 0.6) is 11.5 Å². The molecule has 1 fully saturated rings. The first-order valence-corrected chi connectivity index (χ1v) is 9.28. The van der Waals surface area contributed by atoms with Crippen molar-refractivity contribution < 1.29 is 29.0 Å². The summed E-state index contributed by atoms with van der Waals surface area (Å²) in [6, 6.07) is 10.9. The minimum Gasteiger partial charge on any atom is -0.496 e. The van der Waals surface area contributed by atoms with Crippen molar-refractivity contribution in [1.82, 2.24) is 5.32 Å². The molecule has 3 rings (SSSR count). The Labute approximate surface area is 181 Å². The smallest absolute Gasteiger partial charge is 0.341 e. The SMILES string of the molecule is COc1cc(OCC(=O)O)ccc1/C=C1/C(=O)NC(=S)N(c2ccc(Cl)cc2)C1=O. The maximum Gasteiger partial charge on any atom is 0.341 e. The van der Waals surface area contributed by atoms with Gasteiger partial charge in [0.1, 0.15) is 17.1 Å². The number of aliphatic carboxylic acids is 1. The van der Waals surface area contributed by atoms with Crippen molar-refractivity contribution >= 4 is 58.5 Å². The lowest BCUT2D eigenvalue weighted by Crippen LogP contribution is -2.54. The fourth-order valence-electron chi connectivity index (χ4n) is 2.68. The van der Waals surface area contributed by atoms with Crippen LogP contribution < -0.4 is 19.7 Å². The zero-order valence-electron chi connectivity index (χ0n) is 15.5. The quantitative estimate of drug-likeness (QED) is 0.399. The molecule has 0 bridgehead atoms. The minimum absolute atomic E-state index is 0.0474. The maximum absolute atomic E-state index is 13.0. The van der Waals surface area contributed by atoms with Crippen LogP contribution in [0.15, 0.2) is 48.0 Å². The number of methoxy groups -OCH3 is 1. The van der Waals surface area contributed by atoms with Gasteiger partial charge in [0, 0.05) is 16.7 Å². The van der Waals surface area contributed by atoms with Gasteiger partial charge in [-0.25, -0.2) is 4.79 Å². The number of rotatable bonds is 6. The second-order valence-electron chi connectivity index (χ2n) is 6.02. The Morgan fingerprint density at radius 3 is 2.57 bits per heavy atom. The Bertz CT molecular complexity index is 1070. The lowest BCUT2D eigenvalue weighted by atomic mass is 10.1. The number of nitrogens with zero attached hydrogens (tertiary/aromatic N) is 1. The molecule has 30 heavy (non-hydrogen) atoms. The van der Waals surface area contributed by atoms with Gasteiger partial charge in [0.2, 0.25) is 0 Å². The van der Waals surface area contributed by atoms with Crippen LogP contribution in [0.25, 0.3) is 6.08 Å². The highest BCUT2D eigenvalue weighted by molar-refractivity contribution is 7.80. The summed E-state index contributed by atoms with van der Waals surface area (Å²) in [7, 11) is 1.40. The average molecular weight is 447 g/mol. The minimum atomic E-state index is -1.12. The number of ether oxygens (including phenoxy) is 2. The largest absolute Gasteiger partial charge is 0.496 e. The van der Waals surface area contributed by atoms with Gasteiger partial charge in [0.15, 0.2) is 11.7 Å². The molecule has 0 aromatic heterocycles. The van der Waals surface area contributed by atoms with Gasteiger partial charge in [-0.05, 0) is 54.7 Å². The molecule has 2 N–H and O–H groups in total. The monoisotopic (exact) mass is 446 g/mol. The van der Waals surface area contributed by atoms with E-state index in [9.17, 15) is 14.4 Å². The van der Waals surface area contributed by atoms with E-state index in [1.165, 1.54) is 30.2 Å². The van der Waals surface area contributed by atoms with Gasteiger partial charge in [-0.3, -0.25) is 19.8 Å². The Hall–Kier alpha value is -3.43. The second-order valence-corrected chi connectivity index (χ2v) is 6.84. The van der Waals surface area contributed by atoms with E-state index in [0.29, 0.717) is 16.3 Å². The number of hydrogen-bond donors (Lipinski definition) is 2. The first-order chi connectivity index (χ1) is 14.3. The van der Waals surface area contributed by atoms with Gasteiger partial charge in [-0.2, -0.15) is 0 Å². The number of amides is 2. The van der Waals surface area contributed by atoms with E-state index < -0.39 is 24.4 Å². The number of carboxylic acid groups (broad SMARTS) is 1. The average Bonchev–Trinajstić information content (AvgIpc) is 2.71. The van der Waals surface area contributed by atoms with E-state index in [-0.39, 0.29) is 22.2 Å². The van der Waals surface area contributed by atoms with Crippen LogP contribution in [0, 0.1) is 0 Å². The number of carbonyl (C=O) groups is 3. The first kappa shape index (κ1) is 21.3. The molecule has 154 valence electrons. The first-order valence-electron chi connectivity index (χ1n) is 8.50. The molecule has 2 aromatic rings. The van der Waals surface area contributed by atoms with Crippen molar-refractivity contribution in [3.8, 4) is 11.5 Å². The summed E-state index contributed by atoms with van der Waals surface area (Å²) in [4.78, 5) is 37.3. The molecule has 0 radical (unpaired) electrons. The lowest BCUT2D eigenvalue weighted by molar-refractivity contribution is -0.139. The normalized spacial score (nSPS) is 15.2. The Morgan fingerprint density at radius 1 is 1.23 bits per heavy atom. The van der Waals surface area contributed by atoms with Gasteiger partial charge in [0.25, 0.3) is 11.8 Å². The topological polar surface area (TPSA) is 105 Å². The molecule has 1 heterocycles. The van der Waals surface area contributed by atoms with Crippen molar-refractivity contribution in [1.29, 1.82) is 0 Å². The predicted molar refractivity (Wildman–Crippen MR) is 114 cm³/mol. The van der Waals surface area contributed by atoms with E-state index in [0.717, 1.165) is 0 Å². The molecule has 0 atom stereocenters. The van der Waals surface area contributed by atoms with E-state index in [1.807, 2.05) is 0 Å². The Morgan fingerprint density at radius 2 is 1.93 bits per heavy atom. The molecule has 2 aromatic carbocycles. The van der Waals surface area contributed by atoms with E-state index >= 15 is 0 Å². The van der Waals surface area contributed by atoms with Crippen molar-refractivity contribution in [2.75, 3.05) is 18.6 Å². The van der Waals surface area contributed by atoms with Crippen molar-refractivity contribution in [2.45, 2.75) is 0 Å². The third-order valence-electron chi connectivity index (χ3n) is 4.05. The summed E-state index contributed by atoms with van der Waals surface area (Å²) in [5, 5.41) is 11.6. The van der Waals surface area contributed by atoms with E-state index in [2.05, 4.69) is 5.32 Å². The van der Waals surface area contributed by atoms with Crippen molar-refractivity contribution in [3.63, 3.8) is 0 Å². The molecule has 0 unspecified atom stereocenters. The Balaban J connectivity index is 1.95. The van der Waals surface area contributed by atoms with E-state index in [1.54, 1.807) is 30.3 Å². The third kappa shape index (κ3) is 4.58. The number of carbonyl (C=O) groups excluding carboxylic acids is 2. The zero-order chi connectivity index (χ0) is 21.8. The summed E-state index contributed by atoms with van der Waals surface area (Å²) < 4.78 is 10.4. The molecule has 1 aliphatic heterocycles. The number of nitrogens with one attached hydrogen (secondary N) is 1. The number of carboxylic acids is 1. The maximum atomic E-state index is 13.0. The summed E-state index contributed by atoms with van der Waals surface area (Å²) in [5.41, 5.74) is 0.711. The fourth-order valence-corrected chi connectivity index (χ4v) is 3.09. The molecule has 0 saturated carbocycles. The lowest BCUT2D eigenvalue weighted by Gasteiger charge is -2.29. The van der Waals surface area contributed by atoms with Crippen LogP contribution in [0.3, 0.4) is 0 Å². The van der Waals surface area contributed by atoms with Crippen LogP contribution in [0.2, 0.25) is 5.02 Å². The van der Waals surface area contributed by atoms with Gasteiger partial charge in [0.05, 0.1) is 12.8 Å². The third-order valence-corrected chi connectivity index (χ3v) is 4.59. The van der Waals surface area contributed by atoms with Gasteiger partial charge in [-0.1, -0.05) is 11.6 Å². The number of hydrogen-bond acceptors (Lipinski definition) is 6. The molecule has 1 aliphatic rings. The summed E-state index contributed by atoms with van der Waals surface area (Å²) >= 11 is 11.0. The van der Waals surface area contributed by atoms with Crippen LogP contribution in [-0.4, -0.2) is 41.7 Å². The summed E-state index contributed by atoms with van der Waals surface area (Å²) in [6.45, 7) is -0.516. The van der Waals surface area contributed by atoms with Crippen LogP contribution in [0.4, 0.5) is 5.69 Å². The number of thiocarbonyl (C=S) groups is 1. The molecule has 0 spiro atoms. The van der Waals surface area contributed by atoms with Crippen LogP contribution >= 0.6 is 23.8 Å².